The fraction of sp³-hybridized carbons (Fsp3) is 0.387. The number of carbonyl (C=O) groups is 1. The first-order chi connectivity index (χ1) is 20.2. The lowest BCUT2D eigenvalue weighted by molar-refractivity contribution is 0.0240. The van der Waals surface area contributed by atoms with E-state index in [-0.39, 0.29) is 28.8 Å². The minimum atomic E-state index is -1.28. The molecule has 0 aliphatic carbocycles. The summed E-state index contributed by atoms with van der Waals surface area (Å²) < 4.78 is 35.6. The number of benzene rings is 1. The Balaban J connectivity index is 1.33. The van der Waals surface area contributed by atoms with E-state index in [4.69, 9.17) is 4.74 Å². The summed E-state index contributed by atoms with van der Waals surface area (Å²) in [5, 5.41) is 14.1. The van der Waals surface area contributed by atoms with Gasteiger partial charge in [0, 0.05) is 42.8 Å². The summed E-state index contributed by atoms with van der Waals surface area (Å²) in [4.78, 5) is 33.2. The van der Waals surface area contributed by atoms with Crippen LogP contribution in [0.5, 0.6) is 0 Å². The number of rotatable bonds is 5. The minimum Gasteiger partial charge on any atom is -0.444 e. The second kappa shape index (κ2) is 11.3. The Bertz CT molecular complexity index is 1660. The molecule has 0 unspecified atom stereocenters. The first kappa shape index (κ1) is 30.0. The number of aromatic nitrogens is 4. The molecule has 2 N–H and O–H groups in total. The lowest BCUT2D eigenvalue weighted by atomic mass is 9.92. The molecule has 0 radical (unpaired) electrons. The Morgan fingerprint density at radius 3 is 2.30 bits per heavy atom. The molecule has 4 heterocycles. The van der Waals surface area contributed by atoms with E-state index in [0.29, 0.717) is 48.6 Å². The van der Waals surface area contributed by atoms with Gasteiger partial charge in [-0.3, -0.25) is 4.98 Å². The highest BCUT2D eigenvalue weighted by molar-refractivity contribution is 5.88. The number of anilines is 3. The van der Waals surface area contributed by atoms with Crippen LogP contribution in [0.15, 0.2) is 42.7 Å². The molecule has 5 rings (SSSR count). The van der Waals surface area contributed by atoms with Gasteiger partial charge in [-0.25, -0.2) is 28.5 Å². The number of halogens is 2. The fourth-order valence-corrected chi connectivity index (χ4v) is 4.92. The molecule has 4 aromatic rings. The van der Waals surface area contributed by atoms with Gasteiger partial charge in [0.25, 0.3) is 0 Å². The molecule has 3 aromatic heterocycles. The number of nitrogens with zero attached hydrogens (tertiary/aromatic N) is 6. The van der Waals surface area contributed by atoms with Gasteiger partial charge in [-0.15, -0.1) is 0 Å². The van der Waals surface area contributed by atoms with Crippen molar-refractivity contribution in [3.63, 3.8) is 0 Å². The lowest BCUT2D eigenvalue weighted by Gasteiger charge is -2.36. The van der Waals surface area contributed by atoms with Crippen molar-refractivity contribution in [2.45, 2.75) is 52.7 Å². The molecule has 1 amide bonds. The Hall–Kier alpha value is -4.45. The molecule has 43 heavy (non-hydrogen) atoms. The van der Waals surface area contributed by atoms with Gasteiger partial charge in [-0.2, -0.15) is 0 Å². The average Bonchev–Trinajstić information content (AvgIpc) is 2.93. The number of amides is 1. The van der Waals surface area contributed by atoms with Gasteiger partial charge >= 0.3 is 6.09 Å². The van der Waals surface area contributed by atoms with Crippen LogP contribution in [0.1, 0.15) is 45.9 Å². The number of hydrogen-bond donors (Lipinski definition) is 2. The number of aryl methyl sites for hydroxylation is 1. The minimum absolute atomic E-state index is 0.0767. The predicted octanol–water partition coefficient (Wildman–Crippen LogP) is 5.70. The number of nitrogens with one attached hydrogen (secondary N) is 1. The van der Waals surface area contributed by atoms with Crippen LogP contribution in [-0.2, 0) is 10.3 Å². The van der Waals surface area contributed by atoms with Gasteiger partial charge in [-0.05, 0) is 77.4 Å². The van der Waals surface area contributed by atoms with Gasteiger partial charge in [0.2, 0.25) is 5.95 Å². The average molecular weight is 592 g/mol. The highest BCUT2D eigenvalue weighted by Crippen LogP contribution is 2.34. The number of piperazine rings is 1. The highest BCUT2D eigenvalue weighted by atomic mass is 19.1. The summed E-state index contributed by atoms with van der Waals surface area (Å²) in [5.41, 5.74) is 0.239. The van der Waals surface area contributed by atoms with E-state index in [0.717, 1.165) is 11.9 Å². The van der Waals surface area contributed by atoms with E-state index in [9.17, 15) is 14.3 Å². The maximum Gasteiger partial charge on any atom is 0.410 e. The van der Waals surface area contributed by atoms with Crippen LogP contribution in [0.25, 0.3) is 22.2 Å². The van der Waals surface area contributed by atoms with Crippen molar-refractivity contribution >= 4 is 34.4 Å². The molecule has 226 valence electrons. The highest BCUT2D eigenvalue weighted by Gasteiger charge is 2.26. The van der Waals surface area contributed by atoms with E-state index in [1.54, 1.807) is 50.1 Å². The molecular weight excluding hydrogens is 556 g/mol. The van der Waals surface area contributed by atoms with Crippen LogP contribution in [-0.4, -0.2) is 67.8 Å². The Morgan fingerprint density at radius 2 is 1.67 bits per heavy atom. The summed E-state index contributed by atoms with van der Waals surface area (Å²) in [7, 11) is 0. The van der Waals surface area contributed by atoms with Crippen molar-refractivity contribution in [3.8, 4) is 11.3 Å². The third-order valence-corrected chi connectivity index (χ3v) is 6.96. The van der Waals surface area contributed by atoms with E-state index >= 15 is 4.39 Å². The predicted molar refractivity (Wildman–Crippen MR) is 160 cm³/mol. The molecular formula is C31H35F2N7O3. The molecule has 0 bridgehead atoms. The van der Waals surface area contributed by atoms with E-state index in [1.165, 1.54) is 6.07 Å². The van der Waals surface area contributed by atoms with Crippen molar-refractivity contribution in [2.24, 2.45) is 0 Å². The van der Waals surface area contributed by atoms with Crippen LogP contribution in [0.4, 0.5) is 31.0 Å². The van der Waals surface area contributed by atoms with Crippen LogP contribution >= 0.6 is 0 Å². The van der Waals surface area contributed by atoms with Crippen LogP contribution in [0, 0.1) is 18.6 Å². The number of aliphatic hydroxyl groups is 1. The van der Waals surface area contributed by atoms with Crippen LogP contribution in [0.2, 0.25) is 0 Å². The molecule has 10 nitrogen and oxygen atoms in total. The normalized spacial score (nSPS) is 14.3. The van der Waals surface area contributed by atoms with E-state index < -0.39 is 22.8 Å². The van der Waals surface area contributed by atoms with Gasteiger partial charge in [0.15, 0.2) is 5.82 Å². The number of carbonyl (C=O) groups excluding carboxylic acids is 1. The third-order valence-electron chi connectivity index (χ3n) is 6.96. The van der Waals surface area contributed by atoms with Gasteiger partial charge in [-0.1, -0.05) is 0 Å². The van der Waals surface area contributed by atoms with Crippen LogP contribution < -0.4 is 10.2 Å². The first-order valence-corrected chi connectivity index (χ1v) is 14.0. The third kappa shape index (κ3) is 6.80. The van der Waals surface area contributed by atoms with Crippen molar-refractivity contribution in [3.05, 3.63) is 65.6 Å². The number of hydrogen-bond acceptors (Lipinski definition) is 9. The molecule has 0 saturated carbocycles. The van der Waals surface area contributed by atoms with Crippen molar-refractivity contribution in [1.29, 1.82) is 0 Å². The molecule has 1 aliphatic heterocycles. The zero-order chi connectivity index (χ0) is 31.1. The van der Waals surface area contributed by atoms with Crippen molar-refractivity contribution in [2.75, 3.05) is 36.4 Å². The molecule has 1 aromatic carbocycles. The summed E-state index contributed by atoms with van der Waals surface area (Å²) >= 11 is 0. The quantitative estimate of drug-likeness (QED) is 0.301. The van der Waals surface area contributed by atoms with Crippen molar-refractivity contribution < 1.29 is 23.4 Å². The number of pyridine rings is 2. The summed E-state index contributed by atoms with van der Waals surface area (Å²) in [6.07, 6.45) is 2.39. The van der Waals surface area contributed by atoms with E-state index in [1.807, 2.05) is 26.8 Å². The largest absolute Gasteiger partial charge is 0.444 e. The first-order valence-electron chi connectivity index (χ1n) is 14.0. The zero-order valence-corrected chi connectivity index (χ0v) is 25.1. The standard InChI is InChI=1S/C31H35F2N7O3/c1-18-13-22(31(5,6)42)21-14-19(15-23(32)27(21)36-18)26-24(33)17-35-28(38-26)37-25-8-7-20(16-34-25)39-9-11-40(12-10-39)29(41)43-30(2,3)4/h7-8,13-17,42H,9-12H2,1-6H3,(H,34,35,37,38). The maximum absolute atomic E-state index is 15.2. The smallest absolute Gasteiger partial charge is 0.410 e. The summed E-state index contributed by atoms with van der Waals surface area (Å²) in [6.45, 7) is 12.8. The maximum atomic E-state index is 15.2. The Kier molecular flexibility index (Phi) is 7.91. The van der Waals surface area contributed by atoms with E-state index in [2.05, 4.69) is 30.2 Å². The van der Waals surface area contributed by atoms with Gasteiger partial charge in [0.1, 0.15) is 28.4 Å². The second-order valence-electron chi connectivity index (χ2n) is 12.1. The fourth-order valence-electron chi connectivity index (χ4n) is 4.92. The summed E-state index contributed by atoms with van der Waals surface area (Å²) in [6, 6.07) is 8.07. The Morgan fingerprint density at radius 1 is 0.953 bits per heavy atom. The molecule has 0 spiro atoms. The lowest BCUT2D eigenvalue weighted by Crippen LogP contribution is -2.50. The topological polar surface area (TPSA) is 117 Å². The molecule has 1 aliphatic rings. The zero-order valence-electron chi connectivity index (χ0n) is 25.1. The van der Waals surface area contributed by atoms with Crippen LogP contribution in [0.3, 0.4) is 0 Å². The number of fused-ring (bicyclic) bond motifs is 1. The SMILES string of the molecule is Cc1cc(C(C)(C)O)c2cc(-c3nc(Nc4ccc(N5CCN(C(=O)OC(C)(C)C)CC5)cn4)ncc3F)cc(F)c2n1. The second-order valence-corrected chi connectivity index (χ2v) is 12.1. The molecule has 0 atom stereocenters. The molecule has 1 saturated heterocycles. The molecule has 12 heteroatoms. The summed E-state index contributed by atoms with van der Waals surface area (Å²) in [5.74, 6) is -0.878. The van der Waals surface area contributed by atoms with Crippen molar-refractivity contribution in [1.82, 2.24) is 24.8 Å². The van der Waals surface area contributed by atoms with Gasteiger partial charge in [0.05, 0.1) is 23.7 Å². The molecule has 1 fully saturated rings. The number of ether oxygens (including phenoxy) is 1. The monoisotopic (exact) mass is 591 g/mol. The Labute approximate surface area is 248 Å². The van der Waals surface area contributed by atoms with Gasteiger partial charge < -0.3 is 25.0 Å².